The number of carbonyl (C=O) groups excluding carboxylic acids is 3. The maximum Gasteiger partial charge on any atom is 0.348 e. The molecule has 0 unspecified atom stereocenters. The number of benzene rings is 2. The number of carbonyl (C=O) groups is 3. The Morgan fingerprint density at radius 1 is 0.975 bits per heavy atom. The van der Waals surface area contributed by atoms with Crippen molar-refractivity contribution >= 4 is 51.6 Å². The first kappa shape index (κ1) is 28.8. The molecule has 9 nitrogen and oxygen atoms in total. The van der Waals surface area contributed by atoms with Crippen LogP contribution in [0.25, 0.3) is 11.3 Å². The molecule has 4 rings (SSSR count). The van der Waals surface area contributed by atoms with Gasteiger partial charge >= 0.3 is 5.97 Å². The summed E-state index contributed by atoms with van der Waals surface area (Å²) in [4.78, 5) is 48.1. The van der Waals surface area contributed by atoms with E-state index in [0.717, 1.165) is 34.0 Å². The van der Waals surface area contributed by atoms with Gasteiger partial charge in [0.05, 0.1) is 30.7 Å². The molecule has 2 amide bonds. The predicted molar refractivity (Wildman–Crippen MR) is 158 cm³/mol. The molecular weight excluding hydrogens is 548 g/mol. The number of para-hydroxylation sites is 1. The van der Waals surface area contributed by atoms with Crippen LogP contribution < -0.4 is 15.4 Å². The molecule has 2 N–H and O–H groups in total. The first-order chi connectivity index (χ1) is 19.3. The minimum Gasteiger partial charge on any atom is -0.497 e. The third-order valence-electron chi connectivity index (χ3n) is 5.67. The van der Waals surface area contributed by atoms with Crippen molar-refractivity contribution in [3.63, 3.8) is 0 Å². The topological polar surface area (TPSA) is 120 Å². The number of esters is 1. The number of aromatic nitrogens is 2. The van der Waals surface area contributed by atoms with Crippen LogP contribution in [0.5, 0.6) is 5.75 Å². The summed E-state index contributed by atoms with van der Waals surface area (Å²) in [6, 6.07) is 18.3. The number of amides is 2. The van der Waals surface area contributed by atoms with Crippen molar-refractivity contribution in [2.45, 2.75) is 25.9 Å². The maximum absolute atomic E-state index is 13.2. The van der Waals surface area contributed by atoms with Crippen LogP contribution in [0.3, 0.4) is 0 Å². The summed E-state index contributed by atoms with van der Waals surface area (Å²) in [5.74, 6) is -0.617. The van der Waals surface area contributed by atoms with Gasteiger partial charge in [-0.1, -0.05) is 30.0 Å². The first-order valence-electron chi connectivity index (χ1n) is 12.4. The predicted octanol–water partition coefficient (Wildman–Crippen LogP) is 5.99. The van der Waals surface area contributed by atoms with E-state index in [1.54, 1.807) is 45.2 Å². The molecule has 0 saturated carbocycles. The number of aryl methyl sites for hydroxylation is 1. The smallest absolute Gasteiger partial charge is 0.348 e. The largest absolute Gasteiger partial charge is 0.497 e. The lowest BCUT2D eigenvalue weighted by molar-refractivity contribution is -0.113. The molecule has 40 heavy (non-hydrogen) atoms. The lowest BCUT2D eigenvalue weighted by Gasteiger charge is -2.09. The SMILES string of the molecule is CCOC(=O)c1sc(NC(=O)CSc2nc(C)cc(-c3ccc(OC)cc3)n2)c(C(=O)Nc2ccccc2)c1C. The van der Waals surface area contributed by atoms with Crippen molar-refractivity contribution in [1.29, 1.82) is 0 Å². The van der Waals surface area contributed by atoms with Gasteiger partial charge in [-0.2, -0.15) is 0 Å². The standard InChI is InChI=1S/C29H28N4O5S2/c1-5-38-28(36)25-18(3)24(26(35)31-20-9-7-6-8-10-20)27(40-25)33-23(34)16-39-29-30-17(2)15-22(32-29)19-11-13-21(37-4)14-12-19/h6-15H,5,16H2,1-4H3,(H,31,35)(H,33,34). The van der Waals surface area contributed by atoms with Gasteiger partial charge in [0.2, 0.25) is 5.91 Å². The number of hydrogen-bond donors (Lipinski definition) is 2. The number of thiophene rings is 1. The highest BCUT2D eigenvalue weighted by atomic mass is 32.2. The van der Waals surface area contributed by atoms with Crippen LogP contribution in [0.2, 0.25) is 0 Å². The van der Waals surface area contributed by atoms with E-state index in [9.17, 15) is 14.4 Å². The number of nitrogens with zero attached hydrogens (tertiary/aromatic N) is 2. The minimum absolute atomic E-state index is 0.00304. The molecule has 2 aromatic heterocycles. The van der Waals surface area contributed by atoms with Crippen molar-refractivity contribution in [1.82, 2.24) is 9.97 Å². The molecule has 206 valence electrons. The Kier molecular flexibility index (Phi) is 9.52. The second-order valence-corrected chi connectivity index (χ2v) is 10.5. The van der Waals surface area contributed by atoms with Gasteiger partial charge in [-0.15, -0.1) is 11.3 Å². The van der Waals surface area contributed by atoms with Gasteiger partial charge in [0.1, 0.15) is 15.6 Å². The van der Waals surface area contributed by atoms with E-state index in [1.807, 2.05) is 43.3 Å². The van der Waals surface area contributed by atoms with Crippen LogP contribution >= 0.6 is 23.1 Å². The summed E-state index contributed by atoms with van der Waals surface area (Å²) < 4.78 is 10.4. The molecule has 0 aliphatic heterocycles. The van der Waals surface area contributed by atoms with E-state index < -0.39 is 11.9 Å². The minimum atomic E-state index is -0.548. The highest BCUT2D eigenvalue weighted by Gasteiger charge is 2.26. The molecule has 0 bridgehead atoms. The number of nitrogens with one attached hydrogen (secondary N) is 2. The second kappa shape index (κ2) is 13.2. The van der Waals surface area contributed by atoms with Crippen molar-refractivity contribution in [3.8, 4) is 17.0 Å². The van der Waals surface area contributed by atoms with Crippen LogP contribution in [-0.2, 0) is 9.53 Å². The molecule has 2 aromatic carbocycles. The lowest BCUT2D eigenvalue weighted by Crippen LogP contribution is -2.18. The number of methoxy groups -OCH3 is 1. The Hall–Kier alpha value is -4.22. The molecule has 11 heteroatoms. The molecule has 0 saturated heterocycles. The fraction of sp³-hybridized carbons (Fsp3) is 0.207. The van der Waals surface area contributed by atoms with E-state index in [2.05, 4.69) is 20.6 Å². The van der Waals surface area contributed by atoms with E-state index in [4.69, 9.17) is 9.47 Å². The fourth-order valence-corrected chi connectivity index (χ4v) is 5.61. The lowest BCUT2D eigenvalue weighted by atomic mass is 10.1. The average molecular weight is 577 g/mol. The van der Waals surface area contributed by atoms with Gasteiger partial charge in [0, 0.05) is 16.9 Å². The third-order valence-corrected chi connectivity index (χ3v) is 7.71. The summed E-state index contributed by atoms with van der Waals surface area (Å²) in [5.41, 5.74) is 3.62. The molecular formula is C29H28N4O5S2. The fourth-order valence-electron chi connectivity index (χ4n) is 3.79. The van der Waals surface area contributed by atoms with Crippen LogP contribution in [-0.4, -0.2) is 47.2 Å². The summed E-state index contributed by atoms with van der Waals surface area (Å²) in [7, 11) is 1.61. The van der Waals surface area contributed by atoms with Crippen LogP contribution in [0.15, 0.2) is 65.8 Å². The summed E-state index contributed by atoms with van der Waals surface area (Å²) >= 11 is 2.18. The highest BCUT2D eigenvalue weighted by molar-refractivity contribution is 7.99. The zero-order valence-corrected chi connectivity index (χ0v) is 24.1. The van der Waals surface area contributed by atoms with E-state index in [-0.39, 0.29) is 33.7 Å². The van der Waals surface area contributed by atoms with Gasteiger partial charge < -0.3 is 20.1 Å². The first-order valence-corrected chi connectivity index (χ1v) is 14.2. The summed E-state index contributed by atoms with van der Waals surface area (Å²) in [5, 5.41) is 6.33. The number of ether oxygens (including phenoxy) is 2. The maximum atomic E-state index is 13.2. The molecule has 2 heterocycles. The zero-order valence-electron chi connectivity index (χ0n) is 22.4. The molecule has 0 atom stereocenters. The molecule has 4 aromatic rings. The van der Waals surface area contributed by atoms with Crippen molar-refractivity contribution in [3.05, 3.63) is 82.4 Å². The van der Waals surface area contributed by atoms with Gasteiger partial charge in [0.25, 0.3) is 5.91 Å². The van der Waals surface area contributed by atoms with Crippen LogP contribution in [0.4, 0.5) is 10.7 Å². The molecule has 0 spiro atoms. The number of rotatable bonds is 10. The van der Waals surface area contributed by atoms with Gasteiger partial charge in [0.15, 0.2) is 5.16 Å². The monoisotopic (exact) mass is 576 g/mol. The Balaban J connectivity index is 1.52. The van der Waals surface area contributed by atoms with E-state index in [1.165, 1.54) is 11.8 Å². The third kappa shape index (κ3) is 7.04. The van der Waals surface area contributed by atoms with Crippen LogP contribution in [0.1, 0.15) is 38.2 Å². The summed E-state index contributed by atoms with van der Waals surface area (Å²) in [6.07, 6.45) is 0. The molecule has 0 radical (unpaired) electrons. The van der Waals surface area contributed by atoms with Crippen molar-refractivity contribution in [2.75, 3.05) is 30.1 Å². The number of anilines is 2. The average Bonchev–Trinajstić information content (AvgIpc) is 3.27. The molecule has 0 aliphatic carbocycles. The van der Waals surface area contributed by atoms with E-state index >= 15 is 0 Å². The highest BCUT2D eigenvalue weighted by Crippen LogP contribution is 2.35. The van der Waals surface area contributed by atoms with Gasteiger partial charge in [-0.3, -0.25) is 9.59 Å². The molecule has 0 aliphatic rings. The second-order valence-electron chi connectivity index (χ2n) is 8.54. The van der Waals surface area contributed by atoms with Gasteiger partial charge in [-0.25, -0.2) is 14.8 Å². The number of thioether (sulfide) groups is 1. The summed E-state index contributed by atoms with van der Waals surface area (Å²) in [6.45, 7) is 5.42. The van der Waals surface area contributed by atoms with Crippen molar-refractivity contribution in [2.24, 2.45) is 0 Å². The Morgan fingerprint density at radius 3 is 2.38 bits per heavy atom. The Labute approximate surface area is 240 Å². The van der Waals surface area contributed by atoms with Crippen LogP contribution in [0, 0.1) is 13.8 Å². The Morgan fingerprint density at radius 2 is 1.70 bits per heavy atom. The Bertz CT molecular complexity index is 1520. The quantitative estimate of drug-likeness (QED) is 0.134. The normalized spacial score (nSPS) is 10.6. The van der Waals surface area contributed by atoms with E-state index in [0.29, 0.717) is 16.4 Å². The zero-order chi connectivity index (χ0) is 28.6. The van der Waals surface area contributed by atoms with Crippen molar-refractivity contribution < 1.29 is 23.9 Å². The van der Waals surface area contributed by atoms with Gasteiger partial charge in [-0.05, 0) is 68.8 Å². The number of hydrogen-bond acceptors (Lipinski definition) is 9. The molecule has 0 fully saturated rings.